The summed E-state index contributed by atoms with van der Waals surface area (Å²) in [6.07, 6.45) is 0.739. The predicted octanol–water partition coefficient (Wildman–Crippen LogP) is -0.182. The molecule has 0 aliphatic carbocycles. The van der Waals surface area contributed by atoms with E-state index in [9.17, 15) is 8.42 Å². The summed E-state index contributed by atoms with van der Waals surface area (Å²) in [6.45, 7) is 2.15. The Bertz CT molecular complexity index is 104. The summed E-state index contributed by atoms with van der Waals surface area (Å²) in [5, 5.41) is 0. The van der Waals surface area contributed by atoms with Crippen LogP contribution in [0.15, 0.2) is 0 Å². The van der Waals surface area contributed by atoms with Crippen molar-refractivity contribution in [3.05, 3.63) is 0 Å². The molecule has 0 atom stereocenters. The van der Waals surface area contributed by atoms with Crippen LogP contribution < -0.4 is 0 Å². The topological polar surface area (TPSA) is 60.4 Å². The van der Waals surface area contributed by atoms with Crippen molar-refractivity contribution in [1.82, 2.24) is 0 Å². The van der Waals surface area contributed by atoms with E-state index >= 15 is 0 Å². The first kappa shape index (κ1) is 12.2. The van der Waals surface area contributed by atoms with Crippen LogP contribution in [-0.4, -0.2) is 15.0 Å². The summed E-state index contributed by atoms with van der Waals surface area (Å²) in [5.41, 5.74) is 0. The summed E-state index contributed by atoms with van der Waals surface area (Å²) in [7, 11) is -2.61. The van der Waals surface area contributed by atoms with Gasteiger partial charge < -0.3 is 0 Å². The van der Waals surface area contributed by atoms with E-state index in [2.05, 4.69) is 4.18 Å². The first-order valence-corrected chi connectivity index (χ1v) is 4.22. The van der Waals surface area contributed by atoms with Gasteiger partial charge in [-0.3, -0.25) is 4.18 Å². The molecule has 0 aliphatic rings. The van der Waals surface area contributed by atoms with Gasteiger partial charge >= 0.3 is 24.3 Å². The fourth-order valence-corrected chi connectivity index (χ4v) is 0.497. The molecule has 0 heterocycles. The Hall–Kier alpha value is 0.450. The Balaban J connectivity index is 0. The third-order valence-corrected chi connectivity index (χ3v) is 0.794. The molecule has 0 unspecified atom stereocenters. The van der Waals surface area contributed by atoms with E-state index in [1.165, 1.54) is 0 Å². The number of hydrogen-bond donors (Lipinski definition) is 1. The van der Waals surface area contributed by atoms with Gasteiger partial charge in [-0.1, -0.05) is 6.92 Å². The molecule has 0 bridgehead atoms. The summed E-state index contributed by atoms with van der Waals surface area (Å²) in [6, 6.07) is 0. The van der Waals surface area contributed by atoms with Crippen LogP contribution in [0.2, 0.25) is 0 Å². The Morgan fingerprint density at radius 2 is 1.89 bits per heavy atom. The van der Waals surface area contributed by atoms with Crippen LogP contribution in [0.5, 0.6) is 0 Å². The molecule has 0 aromatic rings. The van der Waals surface area contributed by atoms with Crippen molar-refractivity contribution in [2.45, 2.75) is 13.3 Å². The van der Waals surface area contributed by atoms with Crippen LogP contribution >= 0.6 is 0 Å². The van der Waals surface area contributed by atoms with Crippen LogP contribution in [-0.2, 0) is 39.5 Å². The van der Waals surface area contributed by atoms with E-state index in [4.69, 9.17) is 3.25 Å². The molecular formula is C3H8NbO4S. The minimum absolute atomic E-state index is 0.304. The molecule has 0 saturated carbocycles. The summed E-state index contributed by atoms with van der Waals surface area (Å²) < 4.78 is 31.6. The van der Waals surface area contributed by atoms with Crippen molar-refractivity contribution in [3.8, 4) is 0 Å². The zero-order chi connectivity index (χ0) is 7.70. The third-order valence-electron chi connectivity index (χ3n) is 0.401. The van der Waals surface area contributed by atoms with Gasteiger partial charge in [0.05, 0.1) is 6.61 Å². The minimum atomic E-state index is -2.61. The Morgan fingerprint density at radius 3 is 2.00 bits per heavy atom. The summed E-state index contributed by atoms with van der Waals surface area (Å²) >= 11 is 0.500. The van der Waals surface area contributed by atoms with Crippen molar-refractivity contribution in [1.29, 1.82) is 0 Å². The predicted molar refractivity (Wildman–Crippen MR) is 27.2 cm³/mol. The van der Waals surface area contributed by atoms with Crippen LogP contribution in [0, 0.1) is 0 Å². The molecule has 6 heteroatoms. The van der Waals surface area contributed by atoms with Gasteiger partial charge in [-0.15, -0.1) is 0 Å². The molecule has 0 radical (unpaired) electrons. The zero-order valence-corrected chi connectivity index (χ0v) is 8.03. The van der Waals surface area contributed by atoms with Crippen molar-refractivity contribution in [3.63, 3.8) is 0 Å². The quantitative estimate of drug-likeness (QED) is 0.542. The molecule has 0 N–H and O–H groups in total. The van der Waals surface area contributed by atoms with Gasteiger partial charge in [-0.25, -0.2) is 8.42 Å². The van der Waals surface area contributed by atoms with Crippen molar-refractivity contribution < 1.29 is 36.9 Å². The zero-order valence-electron chi connectivity index (χ0n) is 4.94. The number of rotatable bonds is 3. The monoisotopic (exact) mass is 233 g/mol. The van der Waals surface area contributed by atoms with E-state index in [1.54, 1.807) is 0 Å². The van der Waals surface area contributed by atoms with E-state index in [1.807, 2.05) is 6.92 Å². The maximum atomic E-state index is 9.57. The Morgan fingerprint density at radius 1 is 1.44 bits per heavy atom. The summed E-state index contributed by atoms with van der Waals surface area (Å²) in [5.74, 6) is 0. The first-order chi connectivity index (χ1) is 4.27. The fraction of sp³-hybridized carbons (Fsp3) is 1.00. The first-order valence-electron chi connectivity index (χ1n) is 2.23. The molecule has 0 amide bonds. The molecule has 0 saturated heterocycles. The molecule has 0 aromatic carbocycles. The van der Waals surface area contributed by atoms with Gasteiger partial charge in [0.15, 0.2) is 0 Å². The molecule has 0 fully saturated rings. The molecule has 0 rings (SSSR count). The van der Waals surface area contributed by atoms with Gasteiger partial charge in [0.2, 0.25) is 0 Å². The van der Waals surface area contributed by atoms with Crippen molar-refractivity contribution >= 4 is 11.0 Å². The fourth-order valence-electron chi connectivity index (χ4n) is 0.166. The van der Waals surface area contributed by atoms with Crippen LogP contribution in [0.3, 0.4) is 0 Å². The van der Waals surface area contributed by atoms with Crippen molar-refractivity contribution in [2.75, 3.05) is 6.61 Å². The second-order valence-corrected chi connectivity index (χ2v) is 1.76. The maximum absolute atomic E-state index is 9.57. The molecule has 0 aliphatic heterocycles. The van der Waals surface area contributed by atoms with E-state index in [0.29, 0.717) is 27.6 Å². The normalized spacial score (nSPS) is 8.11. The average molecular weight is 233 g/mol. The standard InChI is InChI=1S/C3H8O3S.Nb.O/c1-2-3-6-7(4)5;;/h7H,2-3H2,1H3;;. The number of thiol groups is 1. The van der Waals surface area contributed by atoms with E-state index < -0.39 is 11.0 Å². The van der Waals surface area contributed by atoms with Gasteiger partial charge in [0.1, 0.15) is 0 Å². The van der Waals surface area contributed by atoms with E-state index in [0.717, 1.165) is 6.42 Å². The molecule has 9 heavy (non-hydrogen) atoms. The van der Waals surface area contributed by atoms with Gasteiger partial charge in [0.25, 0.3) is 11.0 Å². The van der Waals surface area contributed by atoms with Crippen molar-refractivity contribution in [2.24, 2.45) is 0 Å². The average Bonchev–Trinajstić information content (AvgIpc) is 1.88. The van der Waals surface area contributed by atoms with E-state index in [-0.39, 0.29) is 0 Å². The number of hydrogen-bond acceptors (Lipinski definition) is 4. The molecule has 55 valence electrons. The molecule has 0 spiro atoms. The Labute approximate surface area is 68.0 Å². The Kier molecular flexibility index (Phi) is 15.2. The SMILES string of the molecule is CCCO[SH](=O)=O.[O]=[Nb]. The summed E-state index contributed by atoms with van der Waals surface area (Å²) in [4.78, 5) is 0. The van der Waals surface area contributed by atoms with Gasteiger partial charge in [-0.05, 0) is 6.42 Å². The second-order valence-electron chi connectivity index (χ2n) is 1.06. The van der Waals surface area contributed by atoms with Crippen LogP contribution in [0.25, 0.3) is 0 Å². The van der Waals surface area contributed by atoms with Crippen LogP contribution in [0.4, 0.5) is 0 Å². The second kappa shape index (κ2) is 11.3. The van der Waals surface area contributed by atoms with Gasteiger partial charge in [-0.2, -0.15) is 0 Å². The van der Waals surface area contributed by atoms with Crippen LogP contribution in [0.1, 0.15) is 13.3 Å². The third kappa shape index (κ3) is 17.8. The molecular weight excluding hydrogens is 225 g/mol. The van der Waals surface area contributed by atoms with Gasteiger partial charge in [0, 0.05) is 0 Å². The molecule has 0 aromatic heterocycles. The molecule has 4 nitrogen and oxygen atoms in total.